The second-order valence-corrected chi connectivity index (χ2v) is 4.31. The number of imidazole rings is 1. The van der Waals surface area contributed by atoms with Gasteiger partial charge in [-0.15, -0.1) is 0 Å². The van der Waals surface area contributed by atoms with Gasteiger partial charge in [-0.05, 0) is 0 Å². The molecule has 0 aliphatic heterocycles. The summed E-state index contributed by atoms with van der Waals surface area (Å²) >= 11 is 0. The smallest absolute Gasteiger partial charge is 0.281 e. The number of nitrogen functional groups attached to an aromatic ring is 1. The number of rotatable bonds is 2. The van der Waals surface area contributed by atoms with Crippen molar-refractivity contribution < 1.29 is 13.2 Å². The first-order valence-corrected chi connectivity index (χ1v) is 5.80. The van der Waals surface area contributed by atoms with Gasteiger partial charge in [0.25, 0.3) is 5.56 Å². The highest BCUT2D eigenvalue weighted by Crippen LogP contribution is 2.17. The molecule has 2 heterocycles. The fourth-order valence-corrected chi connectivity index (χ4v) is 1.97. The molecule has 3 N–H and O–H groups in total. The Hall–Kier alpha value is -2.84. The summed E-state index contributed by atoms with van der Waals surface area (Å²) in [4.78, 5) is 22.4. The Labute approximate surface area is 115 Å². The third-order valence-electron chi connectivity index (χ3n) is 3.00. The van der Waals surface area contributed by atoms with Crippen LogP contribution in [0, 0.1) is 17.5 Å². The fourth-order valence-electron chi connectivity index (χ4n) is 1.97. The Bertz CT molecular complexity index is 879. The van der Waals surface area contributed by atoms with E-state index in [2.05, 4.69) is 15.0 Å². The van der Waals surface area contributed by atoms with Gasteiger partial charge in [0, 0.05) is 17.7 Å². The van der Waals surface area contributed by atoms with Crippen molar-refractivity contribution in [3.05, 3.63) is 51.8 Å². The summed E-state index contributed by atoms with van der Waals surface area (Å²) in [6.07, 6.45) is 1.25. The molecule has 2 aromatic heterocycles. The number of aromatic nitrogens is 4. The van der Waals surface area contributed by atoms with Gasteiger partial charge in [-0.3, -0.25) is 9.36 Å². The Kier molecular flexibility index (Phi) is 2.89. The zero-order chi connectivity index (χ0) is 15.1. The number of halogens is 3. The number of nitrogens with one attached hydrogen (secondary N) is 1. The molecule has 6 nitrogen and oxygen atoms in total. The average molecular weight is 295 g/mol. The van der Waals surface area contributed by atoms with Gasteiger partial charge in [-0.2, -0.15) is 4.98 Å². The van der Waals surface area contributed by atoms with E-state index in [1.54, 1.807) is 0 Å². The van der Waals surface area contributed by atoms with Crippen molar-refractivity contribution in [1.29, 1.82) is 0 Å². The molecule has 0 saturated carbocycles. The molecular weight excluding hydrogens is 287 g/mol. The summed E-state index contributed by atoms with van der Waals surface area (Å²) in [5.74, 6) is -3.51. The van der Waals surface area contributed by atoms with Gasteiger partial charge < -0.3 is 10.7 Å². The van der Waals surface area contributed by atoms with E-state index < -0.39 is 35.1 Å². The number of anilines is 1. The molecule has 0 bridgehead atoms. The van der Waals surface area contributed by atoms with E-state index in [1.807, 2.05) is 0 Å². The number of H-pyrrole nitrogens is 1. The van der Waals surface area contributed by atoms with Crippen LogP contribution >= 0.6 is 0 Å². The molecule has 108 valence electrons. The molecular formula is C12H8F3N5O. The van der Waals surface area contributed by atoms with E-state index in [9.17, 15) is 18.0 Å². The lowest BCUT2D eigenvalue weighted by Gasteiger charge is -2.10. The normalized spacial score (nSPS) is 11.2. The van der Waals surface area contributed by atoms with E-state index in [1.165, 1.54) is 6.33 Å². The molecule has 0 atom stereocenters. The van der Waals surface area contributed by atoms with Crippen molar-refractivity contribution in [2.24, 2.45) is 0 Å². The van der Waals surface area contributed by atoms with Gasteiger partial charge in [0.2, 0.25) is 5.95 Å². The van der Waals surface area contributed by atoms with Crippen LogP contribution < -0.4 is 11.3 Å². The highest BCUT2D eigenvalue weighted by atomic mass is 19.1. The Morgan fingerprint density at radius 2 is 1.90 bits per heavy atom. The van der Waals surface area contributed by atoms with Gasteiger partial charge >= 0.3 is 0 Å². The molecule has 1 aromatic carbocycles. The van der Waals surface area contributed by atoms with Crippen LogP contribution in [0.2, 0.25) is 0 Å². The quantitative estimate of drug-likeness (QED) is 0.742. The van der Waals surface area contributed by atoms with Crippen LogP contribution in [0.3, 0.4) is 0 Å². The molecule has 21 heavy (non-hydrogen) atoms. The number of aromatic amines is 1. The molecule has 3 rings (SSSR count). The average Bonchev–Trinajstić information content (AvgIpc) is 2.85. The standard InChI is InChI=1S/C12H8F3N5O/c13-5-1-7(14)6(8(15)2-5)3-20-11(21)9-10(18-4-17-9)19-12(20)16/h1-2,4H,3H2,(H2,16,19)(H,17,18). The minimum atomic E-state index is -1.11. The van der Waals surface area contributed by atoms with Crippen LogP contribution in [0.15, 0.2) is 23.3 Å². The van der Waals surface area contributed by atoms with Crippen LogP contribution in [-0.2, 0) is 6.54 Å². The number of nitrogens with two attached hydrogens (primary N) is 1. The SMILES string of the molecule is Nc1nc2nc[nH]c2c(=O)n1Cc1c(F)cc(F)cc1F. The van der Waals surface area contributed by atoms with E-state index in [-0.39, 0.29) is 17.1 Å². The molecule has 0 spiro atoms. The molecule has 3 aromatic rings. The van der Waals surface area contributed by atoms with Gasteiger partial charge in [-0.1, -0.05) is 0 Å². The molecule has 0 unspecified atom stereocenters. The maximum atomic E-state index is 13.6. The summed E-state index contributed by atoms with van der Waals surface area (Å²) in [7, 11) is 0. The lowest BCUT2D eigenvalue weighted by molar-refractivity contribution is 0.515. The van der Waals surface area contributed by atoms with Gasteiger partial charge in [0.05, 0.1) is 12.9 Å². The van der Waals surface area contributed by atoms with Crippen molar-refractivity contribution in [2.75, 3.05) is 5.73 Å². The minimum absolute atomic E-state index is 0.0622. The predicted octanol–water partition coefficient (Wildman–Crippen LogP) is 1.17. The Balaban J connectivity index is 2.17. The number of hydrogen-bond acceptors (Lipinski definition) is 4. The van der Waals surface area contributed by atoms with Crippen LogP contribution in [0.25, 0.3) is 11.2 Å². The van der Waals surface area contributed by atoms with Crippen LogP contribution in [-0.4, -0.2) is 19.5 Å². The molecule has 0 aliphatic rings. The second-order valence-electron chi connectivity index (χ2n) is 4.31. The highest BCUT2D eigenvalue weighted by Gasteiger charge is 2.16. The number of fused-ring (bicyclic) bond motifs is 1. The summed E-state index contributed by atoms with van der Waals surface area (Å²) in [6.45, 7) is -0.509. The lowest BCUT2D eigenvalue weighted by atomic mass is 10.2. The molecule has 0 radical (unpaired) electrons. The second kappa shape index (κ2) is 4.62. The van der Waals surface area contributed by atoms with E-state index in [0.717, 1.165) is 4.57 Å². The fraction of sp³-hybridized carbons (Fsp3) is 0.0833. The number of benzene rings is 1. The van der Waals surface area contributed by atoms with Crippen molar-refractivity contribution in [3.8, 4) is 0 Å². The lowest BCUT2D eigenvalue weighted by Crippen LogP contribution is -2.26. The Morgan fingerprint density at radius 3 is 2.57 bits per heavy atom. The molecule has 0 fully saturated rings. The number of nitrogens with zero attached hydrogens (tertiary/aromatic N) is 3. The van der Waals surface area contributed by atoms with Crippen LogP contribution in [0.4, 0.5) is 19.1 Å². The van der Waals surface area contributed by atoms with Crippen molar-refractivity contribution >= 4 is 17.1 Å². The number of hydrogen-bond donors (Lipinski definition) is 2. The molecule has 0 amide bonds. The van der Waals surface area contributed by atoms with Gasteiger partial charge in [0.1, 0.15) is 17.5 Å². The van der Waals surface area contributed by atoms with Gasteiger partial charge in [0.15, 0.2) is 11.2 Å². The zero-order valence-corrected chi connectivity index (χ0v) is 10.4. The molecule has 0 aliphatic carbocycles. The van der Waals surface area contributed by atoms with Gasteiger partial charge in [-0.25, -0.2) is 18.2 Å². The maximum absolute atomic E-state index is 13.6. The maximum Gasteiger partial charge on any atom is 0.281 e. The summed E-state index contributed by atoms with van der Waals surface area (Å²) in [5, 5.41) is 0. The first-order valence-electron chi connectivity index (χ1n) is 5.80. The third kappa shape index (κ3) is 2.12. The van der Waals surface area contributed by atoms with E-state index in [0.29, 0.717) is 12.1 Å². The summed E-state index contributed by atoms with van der Waals surface area (Å²) in [5.41, 5.74) is 4.66. The zero-order valence-electron chi connectivity index (χ0n) is 10.4. The first kappa shape index (κ1) is 13.2. The highest BCUT2D eigenvalue weighted by molar-refractivity contribution is 5.69. The summed E-state index contributed by atoms with van der Waals surface area (Å²) in [6, 6.07) is 1.06. The summed E-state index contributed by atoms with van der Waals surface area (Å²) < 4.78 is 41.0. The first-order chi connectivity index (χ1) is 9.97. The van der Waals surface area contributed by atoms with Crippen molar-refractivity contribution in [3.63, 3.8) is 0 Å². The molecule has 9 heteroatoms. The van der Waals surface area contributed by atoms with Crippen molar-refractivity contribution in [1.82, 2.24) is 19.5 Å². The van der Waals surface area contributed by atoms with Crippen LogP contribution in [0.1, 0.15) is 5.56 Å². The topological polar surface area (TPSA) is 89.6 Å². The Morgan fingerprint density at radius 1 is 1.24 bits per heavy atom. The van der Waals surface area contributed by atoms with Crippen LogP contribution in [0.5, 0.6) is 0 Å². The van der Waals surface area contributed by atoms with Crippen molar-refractivity contribution in [2.45, 2.75) is 6.54 Å². The molecule has 0 saturated heterocycles. The minimum Gasteiger partial charge on any atom is -0.369 e. The predicted molar refractivity (Wildman–Crippen MR) is 68.0 cm³/mol. The monoisotopic (exact) mass is 295 g/mol. The largest absolute Gasteiger partial charge is 0.369 e. The third-order valence-corrected chi connectivity index (χ3v) is 3.00. The van der Waals surface area contributed by atoms with E-state index in [4.69, 9.17) is 5.73 Å². The van der Waals surface area contributed by atoms with E-state index >= 15 is 0 Å².